The van der Waals surface area contributed by atoms with Crippen LogP contribution in [0.4, 0.5) is 0 Å². The standard InChI is InChI=1S/C14H30N2O3S/c1-4-14(12-17,15-13-6-7-13)8-5-9-16(2)10-11-20(3,18)19/h13,15,17H,4-12H2,1-3H3. The second-order valence-electron chi connectivity index (χ2n) is 6.25. The molecule has 120 valence electrons. The maximum Gasteiger partial charge on any atom is 0.148 e. The van der Waals surface area contributed by atoms with E-state index in [1.165, 1.54) is 19.1 Å². The van der Waals surface area contributed by atoms with E-state index in [9.17, 15) is 13.5 Å². The molecule has 0 aliphatic heterocycles. The van der Waals surface area contributed by atoms with Gasteiger partial charge in [-0.05, 0) is 45.7 Å². The summed E-state index contributed by atoms with van der Waals surface area (Å²) >= 11 is 0. The third kappa shape index (κ3) is 7.02. The zero-order chi connectivity index (χ0) is 15.2. The molecule has 20 heavy (non-hydrogen) atoms. The molecule has 0 aromatic rings. The van der Waals surface area contributed by atoms with Crippen LogP contribution < -0.4 is 5.32 Å². The molecular weight excluding hydrogens is 276 g/mol. The van der Waals surface area contributed by atoms with Gasteiger partial charge in [-0.2, -0.15) is 0 Å². The van der Waals surface area contributed by atoms with Crippen LogP contribution in [0.3, 0.4) is 0 Å². The summed E-state index contributed by atoms with van der Waals surface area (Å²) in [4.78, 5) is 2.05. The Morgan fingerprint density at radius 2 is 2.00 bits per heavy atom. The first kappa shape index (κ1) is 17.9. The fraction of sp³-hybridized carbons (Fsp3) is 1.00. The Morgan fingerprint density at radius 3 is 2.45 bits per heavy atom. The summed E-state index contributed by atoms with van der Waals surface area (Å²) in [6.45, 7) is 3.72. The highest BCUT2D eigenvalue weighted by atomic mass is 32.2. The number of nitrogens with one attached hydrogen (secondary N) is 1. The van der Waals surface area contributed by atoms with Crippen LogP contribution in [-0.2, 0) is 9.84 Å². The molecule has 1 aliphatic carbocycles. The average Bonchev–Trinajstić information content (AvgIpc) is 3.18. The van der Waals surface area contributed by atoms with Crippen molar-refractivity contribution in [1.82, 2.24) is 10.2 Å². The molecule has 0 bridgehead atoms. The van der Waals surface area contributed by atoms with Gasteiger partial charge in [0.15, 0.2) is 0 Å². The zero-order valence-corrected chi connectivity index (χ0v) is 13.9. The van der Waals surface area contributed by atoms with E-state index in [2.05, 4.69) is 17.1 Å². The van der Waals surface area contributed by atoms with Crippen LogP contribution in [0.15, 0.2) is 0 Å². The lowest BCUT2D eigenvalue weighted by Crippen LogP contribution is -2.49. The summed E-state index contributed by atoms with van der Waals surface area (Å²) in [5.41, 5.74) is -0.154. The fourth-order valence-electron chi connectivity index (χ4n) is 2.37. The van der Waals surface area contributed by atoms with E-state index in [0.29, 0.717) is 12.6 Å². The lowest BCUT2D eigenvalue weighted by atomic mass is 9.91. The van der Waals surface area contributed by atoms with E-state index in [0.717, 1.165) is 25.8 Å². The molecule has 0 spiro atoms. The quantitative estimate of drug-likeness (QED) is 0.586. The summed E-state index contributed by atoms with van der Waals surface area (Å²) in [7, 11) is -0.933. The lowest BCUT2D eigenvalue weighted by molar-refractivity contribution is 0.138. The van der Waals surface area contributed by atoms with Crippen molar-refractivity contribution in [3.8, 4) is 0 Å². The highest BCUT2D eigenvalue weighted by molar-refractivity contribution is 7.90. The molecule has 1 rings (SSSR count). The third-order valence-corrected chi connectivity index (χ3v) is 5.03. The Morgan fingerprint density at radius 1 is 1.35 bits per heavy atom. The molecule has 0 amide bonds. The predicted octanol–water partition coefficient (Wildman–Crippen LogP) is 0.636. The highest BCUT2D eigenvalue weighted by Crippen LogP contribution is 2.26. The van der Waals surface area contributed by atoms with Crippen molar-refractivity contribution in [2.75, 3.05) is 38.8 Å². The second kappa shape index (κ2) is 7.73. The predicted molar refractivity (Wildman–Crippen MR) is 82.7 cm³/mol. The normalized spacial score (nSPS) is 19.2. The SMILES string of the molecule is CCC(CO)(CCCN(C)CCS(C)(=O)=O)NC1CC1. The molecule has 0 aromatic heterocycles. The van der Waals surface area contributed by atoms with Gasteiger partial charge in [-0.3, -0.25) is 0 Å². The minimum absolute atomic E-state index is 0.154. The number of sulfone groups is 1. The monoisotopic (exact) mass is 306 g/mol. The molecule has 0 heterocycles. The van der Waals surface area contributed by atoms with Crippen molar-refractivity contribution in [3.63, 3.8) is 0 Å². The molecule has 5 nitrogen and oxygen atoms in total. The Bertz CT molecular complexity index is 376. The molecular formula is C14H30N2O3S. The van der Waals surface area contributed by atoms with Crippen molar-refractivity contribution in [1.29, 1.82) is 0 Å². The third-order valence-electron chi connectivity index (χ3n) is 4.11. The molecule has 1 unspecified atom stereocenters. The van der Waals surface area contributed by atoms with Gasteiger partial charge in [0.05, 0.1) is 12.4 Å². The Labute approximate surface area is 123 Å². The van der Waals surface area contributed by atoms with E-state index in [-0.39, 0.29) is 17.9 Å². The zero-order valence-electron chi connectivity index (χ0n) is 13.1. The summed E-state index contributed by atoms with van der Waals surface area (Å²) in [6, 6.07) is 0.588. The number of hydrogen-bond acceptors (Lipinski definition) is 5. The number of nitrogens with zero attached hydrogens (tertiary/aromatic N) is 1. The highest BCUT2D eigenvalue weighted by Gasteiger charge is 2.33. The van der Waals surface area contributed by atoms with Gasteiger partial charge < -0.3 is 15.3 Å². The molecule has 0 aromatic carbocycles. The second-order valence-corrected chi connectivity index (χ2v) is 8.51. The average molecular weight is 306 g/mol. The Hall–Kier alpha value is -0.170. The molecule has 1 fully saturated rings. The number of aliphatic hydroxyl groups excluding tert-OH is 1. The fourth-order valence-corrected chi connectivity index (χ4v) is 3.01. The summed E-state index contributed by atoms with van der Waals surface area (Å²) < 4.78 is 22.2. The van der Waals surface area contributed by atoms with Gasteiger partial charge >= 0.3 is 0 Å². The molecule has 6 heteroatoms. The summed E-state index contributed by atoms with van der Waals surface area (Å²) in [5, 5.41) is 13.2. The topological polar surface area (TPSA) is 69.6 Å². The number of rotatable bonds is 11. The molecule has 1 aliphatic rings. The van der Waals surface area contributed by atoms with Crippen molar-refractivity contribution in [3.05, 3.63) is 0 Å². The minimum Gasteiger partial charge on any atom is -0.394 e. The first-order valence-corrected chi connectivity index (χ1v) is 9.61. The van der Waals surface area contributed by atoms with Crippen molar-refractivity contribution in [2.45, 2.75) is 50.6 Å². The van der Waals surface area contributed by atoms with Crippen LogP contribution in [0, 0.1) is 0 Å². The maximum atomic E-state index is 11.1. The van der Waals surface area contributed by atoms with E-state index in [4.69, 9.17) is 0 Å². The van der Waals surface area contributed by atoms with Crippen LogP contribution in [0.1, 0.15) is 39.0 Å². The van der Waals surface area contributed by atoms with E-state index in [1.54, 1.807) is 0 Å². The van der Waals surface area contributed by atoms with E-state index >= 15 is 0 Å². The van der Waals surface area contributed by atoms with Gasteiger partial charge in [-0.1, -0.05) is 6.92 Å². The maximum absolute atomic E-state index is 11.1. The van der Waals surface area contributed by atoms with Gasteiger partial charge in [-0.25, -0.2) is 8.42 Å². The van der Waals surface area contributed by atoms with Gasteiger partial charge in [0.25, 0.3) is 0 Å². The smallest absolute Gasteiger partial charge is 0.148 e. The van der Waals surface area contributed by atoms with Crippen LogP contribution in [0.2, 0.25) is 0 Å². The van der Waals surface area contributed by atoms with Crippen LogP contribution in [0.25, 0.3) is 0 Å². The minimum atomic E-state index is -2.88. The van der Waals surface area contributed by atoms with Crippen LogP contribution in [-0.4, -0.2) is 68.8 Å². The van der Waals surface area contributed by atoms with E-state index < -0.39 is 9.84 Å². The summed E-state index contributed by atoms with van der Waals surface area (Å²) in [6.07, 6.45) is 6.53. The summed E-state index contributed by atoms with van der Waals surface area (Å²) in [5.74, 6) is 0.211. The molecule has 1 saturated carbocycles. The Kier molecular flexibility index (Phi) is 6.91. The largest absolute Gasteiger partial charge is 0.394 e. The van der Waals surface area contributed by atoms with Crippen molar-refractivity contribution < 1.29 is 13.5 Å². The van der Waals surface area contributed by atoms with E-state index in [1.807, 2.05) is 7.05 Å². The van der Waals surface area contributed by atoms with Gasteiger partial charge in [0.2, 0.25) is 0 Å². The first-order valence-electron chi connectivity index (χ1n) is 7.55. The molecule has 0 radical (unpaired) electrons. The molecule has 0 saturated heterocycles. The van der Waals surface area contributed by atoms with Gasteiger partial charge in [-0.15, -0.1) is 0 Å². The molecule has 1 atom stereocenters. The van der Waals surface area contributed by atoms with Gasteiger partial charge in [0.1, 0.15) is 9.84 Å². The molecule has 2 N–H and O–H groups in total. The van der Waals surface area contributed by atoms with Crippen LogP contribution in [0.5, 0.6) is 0 Å². The lowest BCUT2D eigenvalue weighted by Gasteiger charge is -2.33. The van der Waals surface area contributed by atoms with Crippen molar-refractivity contribution >= 4 is 9.84 Å². The number of hydrogen-bond donors (Lipinski definition) is 2. The van der Waals surface area contributed by atoms with Gasteiger partial charge in [0, 0.05) is 24.4 Å². The van der Waals surface area contributed by atoms with Crippen molar-refractivity contribution in [2.24, 2.45) is 0 Å². The first-order chi connectivity index (χ1) is 9.30. The van der Waals surface area contributed by atoms with Crippen LogP contribution >= 0.6 is 0 Å². The number of aliphatic hydroxyl groups is 1. The Balaban J connectivity index is 2.28.